The minimum Gasteiger partial charge on any atom is -0.393 e. The molecule has 0 bridgehead atoms. The number of amides is 2. The summed E-state index contributed by atoms with van der Waals surface area (Å²) in [5, 5.41) is 62.7. The molecule has 9 heteroatoms. The molecule has 2 amide bonds. The predicted octanol–water partition coefficient (Wildman–Crippen LogP) is -3.22. The van der Waals surface area contributed by atoms with Crippen molar-refractivity contribution in [2.24, 2.45) is 0 Å². The Morgan fingerprint density at radius 2 is 1.14 bits per heavy atom. The quantitative estimate of drug-likeness (QED) is 0.265. The summed E-state index contributed by atoms with van der Waals surface area (Å²) < 4.78 is 0. The summed E-state index contributed by atoms with van der Waals surface area (Å²) in [5.41, 5.74) is 0. The monoisotopic (exact) mass is 320 g/mol. The normalized spacial score (nSPS) is 46.1. The first kappa shape index (κ1) is 17.4. The molecule has 2 saturated carbocycles. The minimum absolute atomic E-state index is 0.123. The van der Waals surface area contributed by atoms with Crippen LogP contribution in [0.2, 0.25) is 0 Å². The van der Waals surface area contributed by atoms with Gasteiger partial charge >= 0.3 is 6.03 Å². The van der Waals surface area contributed by atoms with E-state index >= 15 is 0 Å². The van der Waals surface area contributed by atoms with Crippen LogP contribution in [0.3, 0.4) is 0 Å². The molecule has 6 atom stereocenters. The van der Waals surface area contributed by atoms with Crippen molar-refractivity contribution < 1.29 is 35.4 Å². The summed E-state index contributed by atoms with van der Waals surface area (Å²) in [6, 6.07) is -2.08. The smallest absolute Gasteiger partial charge is 0.315 e. The van der Waals surface area contributed by atoms with E-state index in [0.29, 0.717) is 25.7 Å². The molecule has 0 aromatic heterocycles. The highest BCUT2D eigenvalue weighted by atomic mass is 16.4. The van der Waals surface area contributed by atoms with Crippen LogP contribution in [-0.2, 0) is 0 Å². The summed E-state index contributed by atoms with van der Waals surface area (Å²) in [6.07, 6.45) is -6.18. The number of aliphatic hydroxyl groups is 6. The Morgan fingerprint density at radius 3 is 1.64 bits per heavy atom. The Balaban J connectivity index is 1.89. The number of hydrogen-bond donors (Lipinski definition) is 8. The molecule has 0 spiro atoms. The van der Waals surface area contributed by atoms with Gasteiger partial charge in [0.15, 0.2) is 0 Å². The number of urea groups is 1. The van der Waals surface area contributed by atoms with E-state index in [0.717, 1.165) is 0 Å². The van der Waals surface area contributed by atoms with Gasteiger partial charge in [0, 0.05) is 6.04 Å². The molecule has 0 aromatic carbocycles. The zero-order chi connectivity index (χ0) is 16.4. The fourth-order valence-electron chi connectivity index (χ4n) is 3.00. The van der Waals surface area contributed by atoms with Gasteiger partial charge in [-0.3, -0.25) is 0 Å². The SMILES string of the molecule is O=C(NC1CCC(O)CC1)NC1[C@@H](O)[C@H](O)C(O)[C@H](O)[C@H]1O. The van der Waals surface area contributed by atoms with E-state index in [4.69, 9.17) is 0 Å². The summed E-state index contributed by atoms with van der Waals surface area (Å²) in [7, 11) is 0. The Kier molecular flexibility index (Phi) is 5.59. The van der Waals surface area contributed by atoms with Crippen LogP contribution in [0.4, 0.5) is 4.79 Å². The van der Waals surface area contributed by atoms with E-state index in [1.807, 2.05) is 0 Å². The maximum Gasteiger partial charge on any atom is 0.315 e. The minimum atomic E-state index is -1.69. The summed E-state index contributed by atoms with van der Waals surface area (Å²) in [6.45, 7) is 0. The highest BCUT2D eigenvalue weighted by Crippen LogP contribution is 2.22. The van der Waals surface area contributed by atoms with Gasteiger partial charge in [-0.15, -0.1) is 0 Å². The van der Waals surface area contributed by atoms with Crippen LogP contribution in [0.25, 0.3) is 0 Å². The highest BCUT2D eigenvalue weighted by molar-refractivity contribution is 5.74. The molecular weight excluding hydrogens is 296 g/mol. The average Bonchev–Trinajstić information content (AvgIpc) is 2.50. The zero-order valence-corrected chi connectivity index (χ0v) is 12.0. The van der Waals surface area contributed by atoms with Gasteiger partial charge in [0.05, 0.1) is 12.1 Å². The molecule has 0 aliphatic heterocycles. The van der Waals surface area contributed by atoms with Crippen LogP contribution in [0.5, 0.6) is 0 Å². The number of nitrogens with one attached hydrogen (secondary N) is 2. The molecule has 2 unspecified atom stereocenters. The second kappa shape index (κ2) is 7.07. The molecule has 0 saturated heterocycles. The number of carbonyl (C=O) groups excluding carboxylic acids is 1. The van der Waals surface area contributed by atoms with Gasteiger partial charge in [-0.1, -0.05) is 0 Å². The summed E-state index contributed by atoms with van der Waals surface area (Å²) in [5.74, 6) is 0. The van der Waals surface area contributed by atoms with E-state index < -0.39 is 42.6 Å². The Hall–Kier alpha value is -0.970. The van der Waals surface area contributed by atoms with Crippen molar-refractivity contribution in [3.05, 3.63) is 0 Å². The standard InChI is InChI=1S/C13H24N2O7/c16-6-3-1-5(2-4-6)14-13(22)15-7-8(17)10(19)12(21)11(20)9(7)18/h5-12,16-21H,1-4H2,(H2,14,15,22)/t5?,6?,7?,8-,9+,10+,11-,12?. The lowest BCUT2D eigenvalue weighted by atomic mass is 9.83. The zero-order valence-electron chi connectivity index (χ0n) is 12.0. The molecule has 0 heterocycles. The number of carbonyl (C=O) groups is 1. The first-order chi connectivity index (χ1) is 10.3. The van der Waals surface area contributed by atoms with Crippen molar-refractivity contribution in [2.75, 3.05) is 0 Å². The van der Waals surface area contributed by atoms with Crippen molar-refractivity contribution in [1.82, 2.24) is 10.6 Å². The van der Waals surface area contributed by atoms with Crippen LogP contribution < -0.4 is 10.6 Å². The second-order valence-electron chi connectivity index (χ2n) is 6.10. The van der Waals surface area contributed by atoms with Crippen LogP contribution in [0.15, 0.2) is 0 Å². The van der Waals surface area contributed by atoms with E-state index in [9.17, 15) is 35.4 Å². The third-order valence-corrected chi connectivity index (χ3v) is 4.47. The lowest BCUT2D eigenvalue weighted by Crippen LogP contribution is -2.69. The van der Waals surface area contributed by atoms with E-state index in [-0.39, 0.29) is 12.1 Å². The largest absolute Gasteiger partial charge is 0.393 e. The van der Waals surface area contributed by atoms with Crippen molar-refractivity contribution in [2.45, 2.75) is 74.4 Å². The topological polar surface area (TPSA) is 163 Å². The van der Waals surface area contributed by atoms with Gasteiger partial charge in [0.25, 0.3) is 0 Å². The van der Waals surface area contributed by atoms with Gasteiger partial charge in [0.2, 0.25) is 0 Å². The Labute approximate surface area is 127 Å². The van der Waals surface area contributed by atoms with Crippen molar-refractivity contribution in [3.8, 4) is 0 Å². The van der Waals surface area contributed by atoms with Crippen LogP contribution in [0.1, 0.15) is 25.7 Å². The van der Waals surface area contributed by atoms with Crippen LogP contribution in [-0.4, -0.2) is 85.4 Å². The molecule has 8 N–H and O–H groups in total. The lowest BCUT2D eigenvalue weighted by molar-refractivity contribution is -0.188. The first-order valence-electron chi connectivity index (χ1n) is 7.46. The molecule has 9 nitrogen and oxygen atoms in total. The number of aliphatic hydroxyl groups excluding tert-OH is 6. The summed E-state index contributed by atoms with van der Waals surface area (Å²) >= 11 is 0. The molecule has 2 rings (SSSR count). The summed E-state index contributed by atoms with van der Waals surface area (Å²) in [4.78, 5) is 11.9. The maximum atomic E-state index is 11.9. The van der Waals surface area contributed by atoms with Crippen molar-refractivity contribution >= 4 is 6.03 Å². The van der Waals surface area contributed by atoms with Gasteiger partial charge in [-0.25, -0.2) is 4.79 Å². The van der Waals surface area contributed by atoms with E-state index in [2.05, 4.69) is 10.6 Å². The molecule has 2 aliphatic carbocycles. The Bertz CT molecular complexity index is 373. The lowest BCUT2D eigenvalue weighted by Gasteiger charge is -2.42. The van der Waals surface area contributed by atoms with Gasteiger partial charge < -0.3 is 41.3 Å². The second-order valence-corrected chi connectivity index (χ2v) is 6.10. The average molecular weight is 320 g/mol. The van der Waals surface area contributed by atoms with Crippen molar-refractivity contribution in [1.29, 1.82) is 0 Å². The number of rotatable bonds is 2. The molecule has 2 aliphatic rings. The van der Waals surface area contributed by atoms with E-state index in [1.54, 1.807) is 0 Å². The third kappa shape index (κ3) is 3.67. The van der Waals surface area contributed by atoms with Gasteiger partial charge in [-0.2, -0.15) is 0 Å². The molecular formula is C13H24N2O7. The maximum absolute atomic E-state index is 11.9. The van der Waals surface area contributed by atoms with Crippen molar-refractivity contribution in [3.63, 3.8) is 0 Å². The third-order valence-electron chi connectivity index (χ3n) is 4.47. The Morgan fingerprint density at radius 1 is 0.682 bits per heavy atom. The van der Waals surface area contributed by atoms with Gasteiger partial charge in [-0.05, 0) is 25.7 Å². The fraction of sp³-hybridized carbons (Fsp3) is 0.923. The molecule has 0 radical (unpaired) electrons. The number of hydrogen-bond acceptors (Lipinski definition) is 7. The molecule has 128 valence electrons. The van der Waals surface area contributed by atoms with Crippen LogP contribution >= 0.6 is 0 Å². The predicted molar refractivity (Wildman–Crippen MR) is 73.8 cm³/mol. The van der Waals surface area contributed by atoms with Crippen LogP contribution in [0, 0.1) is 0 Å². The first-order valence-corrected chi connectivity index (χ1v) is 7.46. The molecule has 22 heavy (non-hydrogen) atoms. The van der Waals surface area contributed by atoms with Gasteiger partial charge in [0.1, 0.15) is 30.5 Å². The molecule has 2 fully saturated rings. The fourth-order valence-corrected chi connectivity index (χ4v) is 3.00. The van der Waals surface area contributed by atoms with E-state index in [1.165, 1.54) is 0 Å². The highest BCUT2D eigenvalue weighted by Gasteiger charge is 2.48. The molecule has 0 aromatic rings.